The van der Waals surface area contributed by atoms with Gasteiger partial charge in [0.05, 0.1) is 29.8 Å². The van der Waals surface area contributed by atoms with Gasteiger partial charge in [-0.15, -0.1) is 11.3 Å². The SMILES string of the molecule is Cc1c(C(=O)N2CCCC2)cc(-c2csc(-c3ccccc3)n2)n1Cc1ccco1. The van der Waals surface area contributed by atoms with Crippen molar-refractivity contribution in [3.8, 4) is 22.0 Å². The van der Waals surface area contributed by atoms with Crippen molar-refractivity contribution in [3.63, 3.8) is 0 Å². The van der Waals surface area contributed by atoms with Gasteiger partial charge in [-0.25, -0.2) is 4.98 Å². The topological polar surface area (TPSA) is 51.3 Å². The van der Waals surface area contributed by atoms with Gasteiger partial charge in [-0.3, -0.25) is 4.79 Å². The molecule has 0 aliphatic carbocycles. The number of furan rings is 1. The molecular weight excluding hydrogens is 394 g/mol. The normalized spacial score (nSPS) is 13.8. The molecule has 0 radical (unpaired) electrons. The first-order valence-corrected chi connectivity index (χ1v) is 11.1. The third-order valence-corrected chi connectivity index (χ3v) is 6.56. The molecule has 6 heteroatoms. The minimum absolute atomic E-state index is 0.114. The number of carbonyl (C=O) groups excluding carboxylic acids is 1. The number of hydrogen-bond donors (Lipinski definition) is 0. The van der Waals surface area contributed by atoms with E-state index in [-0.39, 0.29) is 5.91 Å². The third-order valence-electron chi connectivity index (χ3n) is 5.67. The molecule has 4 aromatic rings. The van der Waals surface area contributed by atoms with E-state index in [0.29, 0.717) is 6.54 Å². The molecule has 1 aromatic carbocycles. The third kappa shape index (κ3) is 3.48. The number of benzene rings is 1. The summed E-state index contributed by atoms with van der Waals surface area (Å²) in [5.41, 5.74) is 4.64. The number of amides is 1. The number of nitrogens with zero attached hydrogens (tertiary/aromatic N) is 3. The molecule has 0 spiro atoms. The fraction of sp³-hybridized carbons (Fsp3) is 0.250. The molecule has 5 rings (SSSR count). The van der Waals surface area contributed by atoms with E-state index in [4.69, 9.17) is 9.40 Å². The van der Waals surface area contributed by atoms with Gasteiger partial charge in [-0.05, 0) is 38.0 Å². The Bertz CT molecular complexity index is 1150. The fourth-order valence-electron chi connectivity index (χ4n) is 4.03. The second-order valence-corrected chi connectivity index (χ2v) is 8.46. The smallest absolute Gasteiger partial charge is 0.255 e. The molecule has 0 saturated carbocycles. The van der Waals surface area contributed by atoms with Gasteiger partial charge >= 0.3 is 0 Å². The monoisotopic (exact) mass is 417 g/mol. The molecule has 0 N–H and O–H groups in total. The second kappa shape index (κ2) is 7.95. The minimum Gasteiger partial charge on any atom is -0.467 e. The van der Waals surface area contributed by atoms with Crippen LogP contribution in [0.2, 0.25) is 0 Å². The van der Waals surface area contributed by atoms with Gasteiger partial charge in [0.25, 0.3) is 5.91 Å². The Morgan fingerprint density at radius 2 is 1.93 bits per heavy atom. The predicted octanol–water partition coefficient (Wildman–Crippen LogP) is 5.46. The van der Waals surface area contributed by atoms with E-state index in [1.807, 2.05) is 48.2 Å². The first-order valence-electron chi connectivity index (χ1n) is 10.2. The van der Waals surface area contributed by atoms with E-state index in [2.05, 4.69) is 22.1 Å². The van der Waals surface area contributed by atoms with E-state index in [9.17, 15) is 4.79 Å². The van der Waals surface area contributed by atoms with Crippen LogP contribution in [0.25, 0.3) is 22.0 Å². The maximum Gasteiger partial charge on any atom is 0.255 e. The first-order chi connectivity index (χ1) is 14.7. The van der Waals surface area contributed by atoms with Crippen molar-refractivity contribution in [2.45, 2.75) is 26.3 Å². The van der Waals surface area contributed by atoms with Gasteiger partial charge in [0.15, 0.2) is 0 Å². The number of rotatable bonds is 5. The quantitative estimate of drug-likeness (QED) is 0.433. The molecule has 0 bridgehead atoms. The largest absolute Gasteiger partial charge is 0.467 e. The lowest BCUT2D eigenvalue weighted by atomic mass is 10.2. The fourth-order valence-corrected chi connectivity index (χ4v) is 4.85. The number of thiazole rings is 1. The number of hydrogen-bond acceptors (Lipinski definition) is 4. The van der Waals surface area contributed by atoms with Gasteiger partial charge in [-0.1, -0.05) is 30.3 Å². The summed E-state index contributed by atoms with van der Waals surface area (Å²) >= 11 is 1.62. The summed E-state index contributed by atoms with van der Waals surface area (Å²) in [5.74, 6) is 0.969. The number of carbonyl (C=O) groups is 1. The molecule has 1 amide bonds. The summed E-state index contributed by atoms with van der Waals surface area (Å²) < 4.78 is 7.74. The lowest BCUT2D eigenvalue weighted by Crippen LogP contribution is -2.28. The average molecular weight is 418 g/mol. The van der Waals surface area contributed by atoms with Crippen LogP contribution in [0.4, 0.5) is 0 Å². The van der Waals surface area contributed by atoms with Crippen LogP contribution in [-0.4, -0.2) is 33.4 Å². The van der Waals surface area contributed by atoms with Crippen molar-refractivity contribution >= 4 is 17.2 Å². The van der Waals surface area contributed by atoms with Gasteiger partial charge in [-0.2, -0.15) is 0 Å². The Morgan fingerprint density at radius 1 is 1.13 bits per heavy atom. The van der Waals surface area contributed by atoms with Gasteiger partial charge < -0.3 is 13.9 Å². The van der Waals surface area contributed by atoms with Crippen LogP contribution >= 0.6 is 11.3 Å². The van der Waals surface area contributed by atoms with Crippen LogP contribution in [0.15, 0.2) is 64.6 Å². The molecule has 152 valence electrons. The Hall–Kier alpha value is -3.12. The van der Waals surface area contributed by atoms with Gasteiger partial charge in [0, 0.05) is 29.7 Å². The Morgan fingerprint density at radius 3 is 2.67 bits per heavy atom. The highest BCUT2D eigenvalue weighted by Crippen LogP contribution is 2.32. The Kier molecular flexibility index (Phi) is 5.01. The molecule has 5 nitrogen and oxygen atoms in total. The first kappa shape index (κ1) is 18.9. The van der Waals surface area contributed by atoms with Crippen LogP contribution in [0.1, 0.15) is 34.7 Å². The summed E-state index contributed by atoms with van der Waals surface area (Å²) in [6.07, 6.45) is 3.84. The van der Waals surface area contributed by atoms with E-state index in [0.717, 1.165) is 64.9 Å². The number of aromatic nitrogens is 2. The molecule has 1 saturated heterocycles. The van der Waals surface area contributed by atoms with E-state index in [1.165, 1.54) is 0 Å². The maximum atomic E-state index is 13.2. The minimum atomic E-state index is 0.114. The molecular formula is C24H23N3O2S. The van der Waals surface area contributed by atoms with Crippen LogP contribution in [0.5, 0.6) is 0 Å². The molecule has 1 aliphatic rings. The van der Waals surface area contributed by atoms with Crippen molar-refractivity contribution in [2.24, 2.45) is 0 Å². The van der Waals surface area contributed by atoms with Crippen molar-refractivity contribution in [3.05, 3.63) is 77.2 Å². The standard InChI is InChI=1S/C24H23N3O2S/c1-17-20(24(28)26-11-5-6-12-26)14-22(27(17)15-19-10-7-13-29-19)21-16-30-23(25-21)18-8-3-2-4-9-18/h2-4,7-10,13-14,16H,5-6,11-12,15H2,1H3. The van der Waals surface area contributed by atoms with Crippen molar-refractivity contribution < 1.29 is 9.21 Å². The van der Waals surface area contributed by atoms with E-state index in [1.54, 1.807) is 17.6 Å². The van der Waals surface area contributed by atoms with Crippen LogP contribution < -0.4 is 0 Å². The van der Waals surface area contributed by atoms with Crippen molar-refractivity contribution in [1.29, 1.82) is 0 Å². The lowest BCUT2D eigenvalue weighted by molar-refractivity contribution is 0.0792. The summed E-state index contributed by atoms with van der Waals surface area (Å²) in [7, 11) is 0. The zero-order chi connectivity index (χ0) is 20.5. The van der Waals surface area contributed by atoms with E-state index >= 15 is 0 Å². The molecule has 0 atom stereocenters. The zero-order valence-corrected chi connectivity index (χ0v) is 17.7. The Labute approximate surface area is 179 Å². The molecule has 3 aromatic heterocycles. The van der Waals surface area contributed by atoms with E-state index < -0.39 is 0 Å². The van der Waals surface area contributed by atoms with Gasteiger partial charge in [0.1, 0.15) is 10.8 Å². The maximum absolute atomic E-state index is 13.2. The van der Waals surface area contributed by atoms with Crippen LogP contribution in [0, 0.1) is 6.92 Å². The molecule has 0 unspecified atom stereocenters. The molecule has 1 fully saturated rings. The highest BCUT2D eigenvalue weighted by molar-refractivity contribution is 7.13. The van der Waals surface area contributed by atoms with Crippen molar-refractivity contribution in [2.75, 3.05) is 13.1 Å². The summed E-state index contributed by atoms with van der Waals surface area (Å²) in [4.78, 5) is 20.0. The van der Waals surface area contributed by atoms with Gasteiger partial charge in [0.2, 0.25) is 0 Å². The van der Waals surface area contributed by atoms with Crippen LogP contribution in [0.3, 0.4) is 0 Å². The second-order valence-electron chi connectivity index (χ2n) is 7.60. The summed E-state index contributed by atoms with van der Waals surface area (Å²) in [5, 5.41) is 3.04. The summed E-state index contributed by atoms with van der Waals surface area (Å²) in [6, 6.07) is 16.0. The molecule has 30 heavy (non-hydrogen) atoms. The van der Waals surface area contributed by atoms with Crippen LogP contribution in [-0.2, 0) is 6.54 Å². The van der Waals surface area contributed by atoms with Crippen molar-refractivity contribution in [1.82, 2.24) is 14.5 Å². The number of likely N-dealkylation sites (tertiary alicyclic amines) is 1. The molecule has 4 heterocycles. The Balaban J connectivity index is 1.57. The molecule has 1 aliphatic heterocycles. The highest BCUT2D eigenvalue weighted by atomic mass is 32.1. The predicted molar refractivity (Wildman–Crippen MR) is 119 cm³/mol. The summed E-state index contributed by atoms with van der Waals surface area (Å²) in [6.45, 7) is 4.26. The lowest BCUT2D eigenvalue weighted by Gasteiger charge is -2.15. The highest BCUT2D eigenvalue weighted by Gasteiger charge is 2.26. The zero-order valence-electron chi connectivity index (χ0n) is 16.9. The average Bonchev–Trinajstić information content (AvgIpc) is 3.57.